The van der Waals surface area contributed by atoms with Gasteiger partial charge in [-0.05, 0) is 95.7 Å². The fraction of sp³-hybridized carbons (Fsp3) is 0.0385. The number of rotatable bonds is 2. The van der Waals surface area contributed by atoms with Crippen LogP contribution in [0.2, 0.25) is 0 Å². The highest BCUT2D eigenvalue weighted by atomic mass is 15.2. The molecule has 0 N–H and O–H groups in total. The molecule has 10 aromatic rings. The number of para-hydroxylation sites is 3. The number of hydrogen-bond acceptors (Lipinski definition) is 2. The van der Waals surface area contributed by atoms with Crippen LogP contribution < -0.4 is 0 Å². The van der Waals surface area contributed by atoms with Gasteiger partial charge in [-0.25, -0.2) is 9.97 Å². The maximum absolute atomic E-state index is 5.70. The first kappa shape index (κ1) is 29.4. The second kappa shape index (κ2) is 10.5. The first-order valence-electron chi connectivity index (χ1n) is 19.1. The largest absolute Gasteiger partial charge is 0.278 e. The summed E-state index contributed by atoms with van der Waals surface area (Å²) in [4.78, 5) is 11.0. The van der Waals surface area contributed by atoms with Crippen molar-refractivity contribution in [2.24, 2.45) is 0 Å². The van der Waals surface area contributed by atoms with Crippen LogP contribution in [0.4, 0.5) is 0 Å². The monoisotopic (exact) mass is 697 g/mol. The quantitative estimate of drug-likeness (QED) is 0.180. The summed E-state index contributed by atoms with van der Waals surface area (Å²) in [6, 6.07) is 59.7. The summed E-state index contributed by atoms with van der Waals surface area (Å²) in [6.45, 7) is 4.95. The zero-order valence-electron chi connectivity index (χ0n) is 29.8. The fourth-order valence-corrected chi connectivity index (χ4v) is 10.6. The molecule has 3 nitrogen and oxygen atoms in total. The van der Waals surface area contributed by atoms with Gasteiger partial charge in [0.1, 0.15) is 0 Å². The second-order valence-corrected chi connectivity index (χ2v) is 15.2. The van der Waals surface area contributed by atoms with Crippen LogP contribution in [0.25, 0.3) is 88.4 Å². The van der Waals surface area contributed by atoms with E-state index in [0.29, 0.717) is 5.95 Å². The SMILES string of the molecule is C=C1c2c(c3c(c4ccccc24)C(c2nc(-n4c5ccccc5c5ccccc54)nc4ccccc24)c2ccccc2-3)-c2cccc3c2C1c1ccccc1-3. The number of aromatic nitrogens is 3. The summed E-state index contributed by atoms with van der Waals surface area (Å²) < 4.78 is 2.25. The molecule has 0 amide bonds. The molecule has 0 radical (unpaired) electrons. The van der Waals surface area contributed by atoms with E-state index < -0.39 is 0 Å². The van der Waals surface area contributed by atoms with Gasteiger partial charge in [0.25, 0.3) is 0 Å². The molecule has 0 saturated heterocycles. The molecule has 0 saturated carbocycles. The Morgan fingerprint density at radius 1 is 0.400 bits per heavy atom. The average molecular weight is 698 g/mol. The summed E-state index contributed by atoms with van der Waals surface area (Å²) in [5.74, 6) is 0.693. The highest BCUT2D eigenvalue weighted by Gasteiger charge is 2.43. The minimum atomic E-state index is -0.124. The van der Waals surface area contributed by atoms with Crippen LogP contribution in [0, 0.1) is 0 Å². The molecular formula is C52H31N3. The van der Waals surface area contributed by atoms with Crippen molar-refractivity contribution in [1.82, 2.24) is 14.5 Å². The van der Waals surface area contributed by atoms with Crippen LogP contribution in [0.3, 0.4) is 0 Å². The molecule has 2 heterocycles. The molecule has 13 rings (SSSR count). The van der Waals surface area contributed by atoms with E-state index in [1.807, 2.05) is 0 Å². The molecule has 0 spiro atoms. The summed E-state index contributed by atoms with van der Waals surface area (Å²) in [7, 11) is 0. The van der Waals surface area contributed by atoms with Gasteiger partial charge >= 0.3 is 0 Å². The van der Waals surface area contributed by atoms with Gasteiger partial charge in [0, 0.05) is 22.1 Å². The Balaban J connectivity index is 1.17. The Morgan fingerprint density at radius 2 is 0.964 bits per heavy atom. The van der Waals surface area contributed by atoms with Gasteiger partial charge < -0.3 is 0 Å². The Labute approximate surface area is 317 Å². The Morgan fingerprint density at radius 3 is 1.73 bits per heavy atom. The highest BCUT2D eigenvalue weighted by Crippen LogP contribution is 2.64. The van der Waals surface area contributed by atoms with Crippen molar-refractivity contribution in [3.05, 3.63) is 204 Å². The Hall–Kier alpha value is -7.10. The molecule has 8 aromatic carbocycles. The van der Waals surface area contributed by atoms with Crippen LogP contribution in [0.1, 0.15) is 45.3 Å². The number of nitrogens with zero attached hydrogens (tertiary/aromatic N) is 3. The van der Waals surface area contributed by atoms with Crippen LogP contribution in [-0.4, -0.2) is 14.5 Å². The maximum atomic E-state index is 5.70. The number of benzene rings is 8. The molecular weight excluding hydrogens is 667 g/mol. The van der Waals surface area contributed by atoms with Crippen LogP contribution in [0.15, 0.2) is 170 Å². The molecule has 3 aliphatic carbocycles. The molecule has 2 aromatic heterocycles. The smallest absolute Gasteiger partial charge is 0.235 e. The lowest BCUT2D eigenvalue weighted by atomic mass is 9.70. The van der Waals surface area contributed by atoms with Crippen molar-refractivity contribution >= 4 is 49.1 Å². The van der Waals surface area contributed by atoms with Gasteiger partial charge in [-0.1, -0.05) is 152 Å². The minimum Gasteiger partial charge on any atom is -0.278 e. The van der Waals surface area contributed by atoms with Crippen LogP contribution >= 0.6 is 0 Å². The average Bonchev–Trinajstić information content (AvgIpc) is 3.89. The lowest BCUT2D eigenvalue weighted by Crippen LogP contribution is -2.12. The Kier molecular flexibility index (Phi) is 5.62. The maximum Gasteiger partial charge on any atom is 0.235 e. The number of hydrogen-bond donors (Lipinski definition) is 0. The van der Waals surface area contributed by atoms with Gasteiger partial charge in [0.05, 0.1) is 28.2 Å². The lowest BCUT2D eigenvalue weighted by molar-refractivity contribution is 0.913. The summed E-state index contributed by atoms with van der Waals surface area (Å²) in [6.07, 6.45) is 0. The normalized spacial score (nSPS) is 16.0. The summed E-state index contributed by atoms with van der Waals surface area (Å²) in [5.41, 5.74) is 19.8. The molecule has 2 unspecified atom stereocenters. The van der Waals surface area contributed by atoms with Gasteiger partial charge in [-0.3, -0.25) is 4.57 Å². The van der Waals surface area contributed by atoms with E-state index in [0.717, 1.165) is 27.6 Å². The molecule has 2 atom stereocenters. The first-order chi connectivity index (χ1) is 27.3. The van der Waals surface area contributed by atoms with Gasteiger partial charge in [0.2, 0.25) is 5.95 Å². The summed E-state index contributed by atoms with van der Waals surface area (Å²) in [5, 5.41) is 5.97. The third-order valence-corrected chi connectivity index (χ3v) is 12.7. The fourth-order valence-electron chi connectivity index (χ4n) is 10.6. The third-order valence-electron chi connectivity index (χ3n) is 12.7. The van der Waals surface area contributed by atoms with Crippen molar-refractivity contribution in [3.8, 4) is 39.3 Å². The zero-order chi connectivity index (χ0) is 35.9. The molecule has 3 aliphatic rings. The second-order valence-electron chi connectivity index (χ2n) is 15.2. The predicted molar refractivity (Wildman–Crippen MR) is 226 cm³/mol. The van der Waals surface area contributed by atoms with E-state index in [-0.39, 0.29) is 11.8 Å². The van der Waals surface area contributed by atoms with Crippen molar-refractivity contribution < 1.29 is 0 Å². The van der Waals surface area contributed by atoms with E-state index in [2.05, 4.69) is 168 Å². The van der Waals surface area contributed by atoms with E-state index in [1.54, 1.807) is 0 Å². The van der Waals surface area contributed by atoms with E-state index in [4.69, 9.17) is 16.5 Å². The van der Waals surface area contributed by atoms with Crippen molar-refractivity contribution in [2.75, 3.05) is 0 Å². The van der Waals surface area contributed by atoms with Crippen molar-refractivity contribution in [1.29, 1.82) is 0 Å². The topological polar surface area (TPSA) is 30.7 Å². The van der Waals surface area contributed by atoms with Crippen molar-refractivity contribution in [2.45, 2.75) is 11.8 Å². The van der Waals surface area contributed by atoms with E-state index in [9.17, 15) is 0 Å². The van der Waals surface area contributed by atoms with E-state index in [1.165, 1.54) is 88.3 Å². The van der Waals surface area contributed by atoms with Crippen LogP contribution in [0.5, 0.6) is 0 Å². The molecule has 0 fully saturated rings. The van der Waals surface area contributed by atoms with Gasteiger partial charge in [-0.2, -0.15) is 0 Å². The lowest BCUT2D eigenvalue weighted by Gasteiger charge is -2.32. The predicted octanol–water partition coefficient (Wildman–Crippen LogP) is 12.8. The van der Waals surface area contributed by atoms with Crippen LogP contribution in [-0.2, 0) is 0 Å². The highest BCUT2D eigenvalue weighted by molar-refractivity contribution is 6.16. The Bertz CT molecular complexity index is 3310. The van der Waals surface area contributed by atoms with E-state index >= 15 is 0 Å². The van der Waals surface area contributed by atoms with Gasteiger partial charge in [-0.15, -0.1) is 0 Å². The standard InChI is InChI=1S/C52H31N3/c1-29-44-33-18-3-2-15-30(33)34-24-14-25-40(46(34)44)49-45(29)35-19-4-5-20-36(35)48-47(49)37-21-6-7-22-38(37)50(48)51-39-23-8-11-26-41(39)53-52(54-51)55-42-27-12-9-16-31(42)32-17-10-13-28-43(32)55/h2-28,44,50H,1H2. The molecule has 0 aliphatic heterocycles. The van der Waals surface area contributed by atoms with Crippen molar-refractivity contribution in [3.63, 3.8) is 0 Å². The molecule has 3 heteroatoms. The van der Waals surface area contributed by atoms with Gasteiger partial charge in [0.15, 0.2) is 0 Å². The zero-order valence-corrected chi connectivity index (χ0v) is 29.8. The molecule has 0 bridgehead atoms. The number of allylic oxidation sites excluding steroid dienone is 1. The molecule has 254 valence electrons. The minimum absolute atomic E-state index is 0.124. The third kappa shape index (κ3) is 3.65. The summed E-state index contributed by atoms with van der Waals surface area (Å²) >= 11 is 0. The first-order valence-corrected chi connectivity index (χ1v) is 19.1. The number of fused-ring (bicyclic) bond motifs is 16. The molecule has 55 heavy (non-hydrogen) atoms.